The number of nitrogens with zero attached hydrogens (tertiary/aromatic N) is 1. The number of carbonyl (C=O) groups is 2. The first-order valence-electron chi connectivity index (χ1n) is 8.68. The molecule has 25 heavy (non-hydrogen) atoms. The summed E-state index contributed by atoms with van der Waals surface area (Å²) in [5.41, 5.74) is 0. The molecule has 1 fully saturated rings. The molecule has 4 atom stereocenters. The van der Waals surface area contributed by atoms with Gasteiger partial charge in [-0.1, -0.05) is 38.8 Å². The average molecular weight is 388 g/mol. The minimum absolute atomic E-state index is 0.0703. The Balaban J connectivity index is 2.96. The maximum absolute atomic E-state index is 12.6. The van der Waals surface area contributed by atoms with E-state index >= 15 is 0 Å². The highest BCUT2D eigenvalue weighted by Crippen LogP contribution is 2.43. The summed E-state index contributed by atoms with van der Waals surface area (Å²) in [5, 5.41) is 0.0817. The van der Waals surface area contributed by atoms with Gasteiger partial charge in [-0.05, 0) is 25.1 Å². The lowest BCUT2D eigenvalue weighted by Gasteiger charge is -2.52. The zero-order valence-corrected chi connectivity index (χ0v) is 18.6. The van der Waals surface area contributed by atoms with E-state index in [4.69, 9.17) is 9.16 Å². The smallest absolute Gasteiger partial charge is 0.302 e. The fraction of sp³-hybridized carbons (Fsp3) is 0.778. The minimum Gasteiger partial charge on any atom is -0.465 e. The van der Waals surface area contributed by atoms with Gasteiger partial charge in [0.05, 0.1) is 24.7 Å². The molecule has 0 aromatic heterocycles. The number of carbonyl (C=O) groups excluding carboxylic acids is 2. The summed E-state index contributed by atoms with van der Waals surface area (Å²) < 4.78 is 13.4. The fourth-order valence-electron chi connectivity index (χ4n) is 2.87. The molecule has 144 valence electrons. The summed E-state index contributed by atoms with van der Waals surface area (Å²) in [6, 6.07) is -0.0703. The fourth-order valence-corrected chi connectivity index (χ4v) is 5.13. The van der Waals surface area contributed by atoms with Gasteiger partial charge >= 0.3 is 5.97 Å². The summed E-state index contributed by atoms with van der Waals surface area (Å²) in [5.74, 6) is -0.585. The second kappa shape index (κ2) is 8.27. The summed E-state index contributed by atoms with van der Waals surface area (Å²) in [7, 11) is -1.97. The van der Waals surface area contributed by atoms with E-state index in [0.717, 1.165) is 0 Å². The second-order valence-corrected chi connectivity index (χ2v) is 13.7. The van der Waals surface area contributed by atoms with Gasteiger partial charge in [0.15, 0.2) is 8.32 Å². The molecule has 0 bridgehead atoms. The topological polar surface area (TPSA) is 55.8 Å². The number of rotatable bonds is 8. The van der Waals surface area contributed by atoms with Crippen molar-refractivity contribution < 1.29 is 18.8 Å². The first-order valence-corrected chi connectivity index (χ1v) is 12.8. The Kier molecular flexibility index (Phi) is 7.36. The monoisotopic (exact) mass is 387 g/mol. The van der Waals surface area contributed by atoms with Crippen LogP contribution in [0.4, 0.5) is 0 Å². The first-order chi connectivity index (χ1) is 11.4. The minimum atomic E-state index is -1.97. The first kappa shape index (κ1) is 22.2. The van der Waals surface area contributed by atoms with E-state index in [2.05, 4.69) is 40.4 Å². The van der Waals surface area contributed by atoms with Crippen LogP contribution >= 0.6 is 11.9 Å². The lowest BCUT2D eigenvalue weighted by Crippen LogP contribution is -2.65. The molecule has 0 aliphatic carbocycles. The van der Waals surface area contributed by atoms with Gasteiger partial charge in [-0.15, -0.1) is 6.58 Å². The number of β-lactam (4-membered cyclic amide) rings is 1. The van der Waals surface area contributed by atoms with Crippen LogP contribution in [0.25, 0.3) is 0 Å². The Hall–Kier alpha value is -0.793. The molecule has 0 aromatic rings. The van der Waals surface area contributed by atoms with Gasteiger partial charge in [0, 0.05) is 19.1 Å². The van der Waals surface area contributed by atoms with E-state index in [1.165, 1.54) is 18.9 Å². The van der Waals surface area contributed by atoms with Crippen LogP contribution in [0.5, 0.6) is 0 Å². The summed E-state index contributed by atoms with van der Waals surface area (Å²) in [6.07, 6.45) is 3.48. The van der Waals surface area contributed by atoms with Gasteiger partial charge in [-0.3, -0.25) is 13.9 Å². The maximum atomic E-state index is 12.6. The Morgan fingerprint density at radius 1 is 1.44 bits per heavy atom. The van der Waals surface area contributed by atoms with E-state index < -0.39 is 8.32 Å². The zero-order chi connectivity index (χ0) is 19.6. The molecule has 1 saturated heterocycles. The molecule has 1 heterocycles. The van der Waals surface area contributed by atoms with Crippen molar-refractivity contribution in [3.63, 3.8) is 0 Å². The van der Waals surface area contributed by atoms with E-state index in [-0.39, 0.29) is 47.5 Å². The van der Waals surface area contributed by atoms with E-state index in [9.17, 15) is 9.59 Å². The Labute approximate surface area is 157 Å². The van der Waals surface area contributed by atoms with Gasteiger partial charge < -0.3 is 9.16 Å². The van der Waals surface area contributed by atoms with Gasteiger partial charge in [0.1, 0.15) is 0 Å². The number of hydrogen-bond acceptors (Lipinski definition) is 5. The molecule has 0 saturated carbocycles. The molecule has 1 aliphatic rings. The van der Waals surface area contributed by atoms with Gasteiger partial charge in [-0.25, -0.2) is 0 Å². The van der Waals surface area contributed by atoms with Crippen molar-refractivity contribution in [3.05, 3.63) is 12.7 Å². The van der Waals surface area contributed by atoms with Crippen LogP contribution in [0.2, 0.25) is 18.1 Å². The standard InChI is InChI=1S/C18H33NO4SSi/c1-10-14(11-22-13(3)20)16-15(17(21)19(16)24-7)12(2)23-25(8,9)18(4,5)6/h10,12,14-16H,1,11H2,2-9H3/t12-,14-,15-,16-/m1/s1. The van der Waals surface area contributed by atoms with Crippen LogP contribution in [-0.4, -0.2) is 49.5 Å². The Bertz CT molecular complexity index is 518. The molecular formula is C18H33NO4SSi. The maximum Gasteiger partial charge on any atom is 0.302 e. The average Bonchev–Trinajstić information content (AvgIpc) is 2.45. The van der Waals surface area contributed by atoms with Crippen LogP contribution in [0.15, 0.2) is 12.7 Å². The SMILES string of the molecule is C=C[C@H](COC(C)=O)[C@@H]1[C@@H]([C@@H](C)O[Si](C)(C)C(C)(C)C)C(=O)N1SC. The molecule has 7 heteroatoms. The lowest BCUT2D eigenvalue weighted by molar-refractivity contribution is -0.156. The molecule has 1 aliphatic heterocycles. The van der Waals surface area contributed by atoms with Crippen LogP contribution in [0.1, 0.15) is 34.6 Å². The predicted molar refractivity (Wildman–Crippen MR) is 106 cm³/mol. The molecule has 0 unspecified atom stereocenters. The van der Waals surface area contributed by atoms with Crippen LogP contribution in [0, 0.1) is 11.8 Å². The molecule has 0 N–H and O–H groups in total. The molecule has 1 rings (SSSR count). The molecule has 0 spiro atoms. The molecule has 5 nitrogen and oxygen atoms in total. The van der Waals surface area contributed by atoms with Gasteiger partial charge in [0.25, 0.3) is 0 Å². The van der Waals surface area contributed by atoms with Crippen molar-refractivity contribution in [2.45, 2.75) is 64.9 Å². The lowest BCUT2D eigenvalue weighted by atomic mass is 9.78. The van der Waals surface area contributed by atoms with Crippen molar-refractivity contribution in [1.29, 1.82) is 0 Å². The molecule has 0 aromatic carbocycles. The highest BCUT2D eigenvalue weighted by atomic mass is 32.2. The van der Waals surface area contributed by atoms with Crippen LogP contribution < -0.4 is 0 Å². The Morgan fingerprint density at radius 3 is 2.40 bits per heavy atom. The summed E-state index contributed by atoms with van der Waals surface area (Å²) in [4.78, 5) is 23.8. The predicted octanol–water partition coefficient (Wildman–Crippen LogP) is 3.87. The van der Waals surface area contributed by atoms with Crippen LogP contribution in [-0.2, 0) is 18.8 Å². The van der Waals surface area contributed by atoms with Gasteiger partial charge in [0.2, 0.25) is 5.91 Å². The summed E-state index contributed by atoms with van der Waals surface area (Å²) >= 11 is 1.40. The van der Waals surface area contributed by atoms with Crippen molar-refractivity contribution in [2.75, 3.05) is 12.9 Å². The molecular weight excluding hydrogens is 354 g/mol. The number of amides is 1. The van der Waals surface area contributed by atoms with Crippen molar-refractivity contribution in [3.8, 4) is 0 Å². The number of hydrogen-bond donors (Lipinski definition) is 0. The van der Waals surface area contributed by atoms with Gasteiger partial charge in [-0.2, -0.15) is 0 Å². The third-order valence-electron chi connectivity index (χ3n) is 5.35. The summed E-state index contributed by atoms with van der Waals surface area (Å²) in [6.45, 7) is 18.4. The van der Waals surface area contributed by atoms with E-state index in [1.54, 1.807) is 10.4 Å². The van der Waals surface area contributed by atoms with Crippen LogP contribution in [0.3, 0.4) is 0 Å². The second-order valence-electron chi connectivity index (χ2n) is 8.15. The normalized spacial score (nSPS) is 23.7. The van der Waals surface area contributed by atoms with E-state index in [1.807, 2.05) is 13.2 Å². The number of ether oxygens (including phenoxy) is 1. The van der Waals surface area contributed by atoms with Crippen molar-refractivity contribution in [2.24, 2.45) is 11.8 Å². The largest absolute Gasteiger partial charge is 0.465 e. The third-order valence-corrected chi connectivity index (χ3v) is 10.7. The zero-order valence-electron chi connectivity index (χ0n) is 16.8. The van der Waals surface area contributed by atoms with E-state index in [0.29, 0.717) is 0 Å². The quantitative estimate of drug-likeness (QED) is 0.208. The Morgan fingerprint density at radius 2 is 2.00 bits per heavy atom. The highest BCUT2D eigenvalue weighted by Gasteiger charge is 2.54. The molecule has 0 radical (unpaired) electrons. The van der Waals surface area contributed by atoms with Crippen molar-refractivity contribution >= 4 is 32.1 Å². The number of esters is 1. The van der Waals surface area contributed by atoms with Crippen molar-refractivity contribution in [1.82, 2.24) is 4.31 Å². The molecule has 1 amide bonds. The third kappa shape index (κ3) is 4.89. The highest BCUT2D eigenvalue weighted by molar-refractivity contribution is 7.96.